The second kappa shape index (κ2) is 6.35. The predicted octanol–water partition coefficient (Wildman–Crippen LogP) is 2.94. The maximum absolute atomic E-state index is 12.3. The van der Waals surface area contributed by atoms with Crippen LogP contribution in [0.3, 0.4) is 0 Å². The van der Waals surface area contributed by atoms with Gasteiger partial charge >= 0.3 is 0 Å². The molecule has 5 heteroatoms. The van der Waals surface area contributed by atoms with Crippen LogP contribution in [0.25, 0.3) is 5.57 Å². The Labute approximate surface area is 129 Å². The maximum atomic E-state index is 12.3. The summed E-state index contributed by atoms with van der Waals surface area (Å²) in [5, 5.41) is 0.237. The minimum Gasteiger partial charge on any atom is -0.494 e. The molecule has 0 spiro atoms. The van der Waals surface area contributed by atoms with Crippen LogP contribution < -0.4 is 4.74 Å². The van der Waals surface area contributed by atoms with Gasteiger partial charge in [0.05, 0.1) is 17.1 Å². The number of hydrogen-bond donors (Lipinski definition) is 0. The SMILES string of the molecule is CCOc1ccc(C2=C(SC(C)C)C(=O)N(C)C2=O)cc1. The molecule has 0 saturated carbocycles. The van der Waals surface area contributed by atoms with Gasteiger partial charge in [0, 0.05) is 12.3 Å². The fraction of sp³-hybridized carbons (Fsp3) is 0.375. The average Bonchev–Trinajstić information content (AvgIpc) is 2.65. The minimum absolute atomic E-state index is 0.220. The van der Waals surface area contributed by atoms with Gasteiger partial charge in [-0.3, -0.25) is 14.5 Å². The Hall–Kier alpha value is -1.75. The second-order valence-electron chi connectivity index (χ2n) is 5.00. The van der Waals surface area contributed by atoms with E-state index >= 15 is 0 Å². The number of ether oxygens (including phenoxy) is 1. The monoisotopic (exact) mass is 305 g/mol. The largest absolute Gasteiger partial charge is 0.494 e. The number of thioether (sulfide) groups is 1. The number of carbonyl (C=O) groups is 2. The zero-order valence-corrected chi connectivity index (χ0v) is 13.5. The van der Waals surface area contributed by atoms with Gasteiger partial charge in [-0.2, -0.15) is 0 Å². The first-order valence-corrected chi connectivity index (χ1v) is 7.80. The fourth-order valence-corrected chi connectivity index (χ4v) is 3.13. The molecule has 2 rings (SSSR count). The van der Waals surface area contributed by atoms with E-state index < -0.39 is 0 Å². The second-order valence-corrected chi connectivity index (χ2v) is 6.58. The fourth-order valence-electron chi connectivity index (χ4n) is 2.10. The van der Waals surface area contributed by atoms with E-state index in [1.54, 1.807) is 0 Å². The summed E-state index contributed by atoms with van der Waals surface area (Å²) in [6.45, 7) is 6.52. The standard InChI is InChI=1S/C16H19NO3S/c1-5-20-12-8-6-11(7-9-12)13-14(21-10(2)3)16(19)17(4)15(13)18/h6-10H,5H2,1-4H3. The van der Waals surface area contributed by atoms with E-state index in [9.17, 15) is 9.59 Å². The first kappa shape index (κ1) is 15.6. The highest BCUT2D eigenvalue weighted by Gasteiger charge is 2.37. The third kappa shape index (κ3) is 3.13. The summed E-state index contributed by atoms with van der Waals surface area (Å²) < 4.78 is 5.40. The number of benzene rings is 1. The molecule has 0 saturated heterocycles. The Bertz CT molecular complexity index is 590. The van der Waals surface area contributed by atoms with Crippen LogP contribution in [0.5, 0.6) is 5.75 Å². The van der Waals surface area contributed by atoms with Gasteiger partial charge in [-0.15, -0.1) is 11.8 Å². The highest BCUT2D eigenvalue weighted by molar-refractivity contribution is 8.04. The van der Waals surface area contributed by atoms with E-state index in [1.807, 2.05) is 45.0 Å². The molecule has 2 amide bonds. The Balaban J connectivity index is 2.43. The van der Waals surface area contributed by atoms with E-state index in [4.69, 9.17) is 4.74 Å². The van der Waals surface area contributed by atoms with Crippen molar-refractivity contribution in [1.29, 1.82) is 0 Å². The van der Waals surface area contributed by atoms with Crippen LogP contribution in [-0.4, -0.2) is 35.6 Å². The summed E-state index contributed by atoms with van der Waals surface area (Å²) in [6, 6.07) is 7.29. The summed E-state index contributed by atoms with van der Waals surface area (Å²) in [5.41, 5.74) is 1.24. The molecule has 4 nitrogen and oxygen atoms in total. The van der Waals surface area contributed by atoms with E-state index in [0.717, 1.165) is 11.3 Å². The summed E-state index contributed by atoms with van der Waals surface area (Å²) in [7, 11) is 1.52. The number of rotatable bonds is 5. The Kier molecular flexibility index (Phi) is 4.73. The molecule has 0 N–H and O–H groups in total. The first-order chi connectivity index (χ1) is 9.95. The normalized spacial score (nSPS) is 15.4. The van der Waals surface area contributed by atoms with Gasteiger partial charge < -0.3 is 4.74 Å². The van der Waals surface area contributed by atoms with Crippen LogP contribution in [0.15, 0.2) is 29.2 Å². The molecule has 1 aromatic carbocycles. The molecule has 0 unspecified atom stereocenters. The van der Waals surface area contributed by atoms with Crippen molar-refractivity contribution in [3.8, 4) is 5.75 Å². The van der Waals surface area contributed by atoms with Crippen molar-refractivity contribution in [2.75, 3.05) is 13.7 Å². The molecule has 1 aromatic rings. The molecule has 1 aliphatic rings. The Morgan fingerprint density at radius 1 is 1.14 bits per heavy atom. The lowest BCUT2D eigenvalue weighted by molar-refractivity contribution is -0.134. The van der Waals surface area contributed by atoms with Crippen molar-refractivity contribution in [1.82, 2.24) is 4.90 Å². The van der Waals surface area contributed by atoms with Gasteiger partial charge in [0.25, 0.3) is 11.8 Å². The molecule has 0 bridgehead atoms. The number of imide groups is 1. The highest BCUT2D eigenvalue weighted by Crippen LogP contribution is 2.37. The molecule has 0 aromatic heterocycles. The van der Waals surface area contributed by atoms with Gasteiger partial charge in [0.2, 0.25) is 0 Å². The summed E-state index contributed by atoms with van der Waals surface area (Å²) in [4.78, 5) is 26.2. The molecule has 0 fully saturated rings. The van der Waals surface area contributed by atoms with Crippen molar-refractivity contribution in [2.24, 2.45) is 0 Å². The van der Waals surface area contributed by atoms with Gasteiger partial charge in [-0.05, 0) is 24.6 Å². The van der Waals surface area contributed by atoms with Gasteiger partial charge in [0.15, 0.2) is 0 Å². The van der Waals surface area contributed by atoms with Crippen LogP contribution in [-0.2, 0) is 9.59 Å². The summed E-state index contributed by atoms with van der Waals surface area (Å²) >= 11 is 1.43. The van der Waals surface area contributed by atoms with E-state index in [0.29, 0.717) is 17.1 Å². The van der Waals surface area contributed by atoms with Gasteiger partial charge in [-0.1, -0.05) is 26.0 Å². The van der Waals surface area contributed by atoms with Crippen LogP contribution in [0.4, 0.5) is 0 Å². The zero-order chi connectivity index (χ0) is 15.6. The van der Waals surface area contributed by atoms with Crippen LogP contribution in [0, 0.1) is 0 Å². The Morgan fingerprint density at radius 3 is 2.29 bits per heavy atom. The van der Waals surface area contributed by atoms with E-state index in [2.05, 4.69) is 0 Å². The minimum atomic E-state index is -0.243. The molecule has 21 heavy (non-hydrogen) atoms. The molecule has 0 atom stereocenters. The molecule has 0 radical (unpaired) electrons. The molecule has 0 aliphatic carbocycles. The van der Waals surface area contributed by atoms with Crippen molar-refractivity contribution >= 4 is 29.1 Å². The average molecular weight is 305 g/mol. The first-order valence-electron chi connectivity index (χ1n) is 6.92. The van der Waals surface area contributed by atoms with Crippen LogP contribution in [0.2, 0.25) is 0 Å². The third-order valence-corrected chi connectivity index (χ3v) is 4.14. The lowest BCUT2D eigenvalue weighted by Crippen LogP contribution is -2.26. The number of hydrogen-bond acceptors (Lipinski definition) is 4. The summed E-state index contributed by atoms with van der Waals surface area (Å²) in [6.07, 6.45) is 0. The van der Waals surface area contributed by atoms with Crippen LogP contribution in [0.1, 0.15) is 26.3 Å². The van der Waals surface area contributed by atoms with E-state index in [1.165, 1.54) is 23.7 Å². The summed E-state index contributed by atoms with van der Waals surface area (Å²) in [5.74, 6) is 0.292. The number of amides is 2. The van der Waals surface area contributed by atoms with Gasteiger partial charge in [-0.25, -0.2) is 0 Å². The topological polar surface area (TPSA) is 46.6 Å². The smallest absolute Gasteiger partial charge is 0.267 e. The third-order valence-electron chi connectivity index (χ3n) is 3.05. The lowest BCUT2D eigenvalue weighted by Gasteiger charge is -2.07. The van der Waals surface area contributed by atoms with Gasteiger partial charge in [0.1, 0.15) is 5.75 Å². The number of carbonyl (C=O) groups excluding carboxylic acids is 2. The van der Waals surface area contributed by atoms with Crippen molar-refractivity contribution in [3.05, 3.63) is 34.7 Å². The van der Waals surface area contributed by atoms with Crippen LogP contribution >= 0.6 is 11.8 Å². The maximum Gasteiger partial charge on any atom is 0.267 e. The quantitative estimate of drug-likeness (QED) is 0.785. The number of likely N-dealkylation sites (N-methyl/N-ethyl adjacent to an activating group) is 1. The molecule has 112 valence electrons. The van der Waals surface area contributed by atoms with Crippen molar-refractivity contribution in [2.45, 2.75) is 26.0 Å². The Morgan fingerprint density at radius 2 is 1.76 bits per heavy atom. The predicted molar refractivity (Wildman–Crippen MR) is 85.0 cm³/mol. The molecule has 1 aliphatic heterocycles. The number of nitrogens with zero attached hydrogens (tertiary/aromatic N) is 1. The lowest BCUT2D eigenvalue weighted by atomic mass is 10.1. The van der Waals surface area contributed by atoms with Crippen molar-refractivity contribution in [3.63, 3.8) is 0 Å². The highest BCUT2D eigenvalue weighted by atomic mass is 32.2. The van der Waals surface area contributed by atoms with E-state index in [-0.39, 0.29) is 17.1 Å². The molecule has 1 heterocycles. The molecular weight excluding hydrogens is 286 g/mol. The molecular formula is C16H19NO3S. The van der Waals surface area contributed by atoms with Crippen molar-refractivity contribution < 1.29 is 14.3 Å². The zero-order valence-electron chi connectivity index (χ0n) is 12.7.